The van der Waals surface area contributed by atoms with Crippen molar-refractivity contribution in [2.45, 2.75) is 25.3 Å². The smallest absolute Gasteiger partial charge is 0.411 e. The van der Waals surface area contributed by atoms with Gasteiger partial charge in [-0.15, -0.1) is 0 Å². The van der Waals surface area contributed by atoms with Crippen LogP contribution in [0.4, 0.5) is 10.5 Å². The Kier molecular flexibility index (Phi) is 7.35. The highest BCUT2D eigenvalue weighted by molar-refractivity contribution is 7.89. The maximum absolute atomic E-state index is 12.7. The molecule has 0 aromatic heterocycles. The number of anilines is 1. The van der Waals surface area contributed by atoms with Crippen molar-refractivity contribution in [3.63, 3.8) is 0 Å². The van der Waals surface area contributed by atoms with Crippen molar-refractivity contribution in [2.24, 2.45) is 0 Å². The molecule has 0 atom stereocenters. The van der Waals surface area contributed by atoms with Gasteiger partial charge in [-0.05, 0) is 54.8 Å². The summed E-state index contributed by atoms with van der Waals surface area (Å²) in [7, 11) is -1.11. The van der Waals surface area contributed by atoms with Crippen molar-refractivity contribution < 1.29 is 22.7 Å². The van der Waals surface area contributed by atoms with Gasteiger partial charge in [0.25, 0.3) is 0 Å². The number of nitrogens with one attached hydrogen (secondary N) is 2. The lowest BCUT2D eigenvalue weighted by atomic mass is 10.1. The molecule has 8 nitrogen and oxygen atoms in total. The van der Waals surface area contributed by atoms with Crippen LogP contribution in [0.25, 0.3) is 0 Å². The Hall–Kier alpha value is -2.91. The van der Waals surface area contributed by atoms with Gasteiger partial charge in [-0.2, -0.15) is 4.31 Å². The van der Waals surface area contributed by atoms with E-state index in [4.69, 9.17) is 0 Å². The van der Waals surface area contributed by atoms with Crippen LogP contribution in [-0.2, 0) is 26.1 Å². The SMILES string of the molecule is COC(=O)Nc1ccc(CNC(=O)CN(C)S(=O)(=O)c2ccc(C)c(C)c2)cc1. The third-order valence-corrected chi connectivity index (χ3v) is 6.23. The number of nitrogens with zero attached hydrogens (tertiary/aromatic N) is 1. The molecule has 0 aliphatic carbocycles. The molecular formula is C20H25N3O5S. The molecule has 0 spiro atoms. The maximum Gasteiger partial charge on any atom is 0.411 e. The summed E-state index contributed by atoms with van der Waals surface area (Å²) in [6.07, 6.45) is -0.570. The van der Waals surface area contributed by atoms with E-state index in [-0.39, 0.29) is 18.0 Å². The first kappa shape index (κ1) is 22.4. The number of likely N-dealkylation sites (N-methyl/N-ethyl adjacent to an activating group) is 1. The number of hydrogen-bond acceptors (Lipinski definition) is 5. The topological polar surface area (TPSA) is 105 Å². The normalized spacial score (nSPS) is 11.2. The highest BCUT2D eigenvalue weighted by Gasteiger charge is 2.23. The van der Waals surface area contributed by atoms with E-state index in [0.717, 1.165) is 21.0 Å². The van der Waals surface area contributed by atoms with Crippen molar-refractivity contribution in [1.82, 2.24) is 9.62 Å². The van der Waals surface area contributed by atoms with Crippen LogP contribution in [-0.4, -0.2) is 45.4 Å². The van der Waals surface area contributed by atoms with Gasteiger partial charge in [-0.25, -0.2) is 13.2 Å². The second kappa shape index (κ2) is 9.53. The molecule has 0 fully saturated rings. The predicted molar refractivity (Wildman–Crippen MR) is 110 cm³/mol. The van der Waals surface area contributed by atoms with Crippen LogP contribution in [0.5, 0.6) is 0 Å². The summed E-state index contributed by atoms with van der Waals surface area (Å²) in [5.41, 5.74) is 3.23. The van der Waals surface area contributed by atoms with Crippen LogP contribution in [0.2, 0.25) is 0 Å². The first-order valence-electron chi connectivity index (χ1n) is 8.87. The second-order valence-electron chi connectivity index (χ2n) is 6.60. The number of ether oxygens (including phenoxy) is 1. The van der Waals surface area contributed by atoms with Gasteiger partial charge in [0, 0.05) is 19.3 Å². The fourth-order valence-corrected chi connectivity index (χ4v) is 3.69. The van der Waals surface area contributed by atoms with Crippen LogP contribution in [0.1, 0.15) is 16.7 Å². The van der Waals surface area contributed by atoms with Gasteiger partial charge >= 0.3 is 6.09 Å². The number of carbonyl (C=O) groups excluding carboxylic acids is 2. The molecule has 0 aliphatic heterocycles. The van der Waals surface area contributed by atoms with Crippen molar-refractivity contribution in [3.05, 3.63) is 59.2 Å². The van der Waals surface area contributed by atoms with Gasteiger partial charge in [0.15, 0.2) is 0 Å². The predicted octanol–water partition coefficient (Wildman–Crippen LogP) is 2.42. The number of methoxy groups -OCH3 is 1. The zero-order valence-corrected chi connectivity index (χ0v) is 17.7. The highest BCUT2D eigenvalue weighted by atomic mass is 32.2. The molecular weight excluding hydrogens is 394 g/mol. The zero-order valence-electron chi connectivity index (χ0n) is 16.9. The minimum atomic E-state index is -3.76. The number of aryl methyl sites for hydroxylation is 2. The number of rotatable bonds is 7. The molecule has 2 aromatic rings. The largest absolute Gasteiger partial charge is 0.453 e. The van der Waals surface area contributed by atoms with Crippen LogP contribution in [0.15, 0.2) is 47.4 Å². The van der Waals surface area contributed by atoms with E-state index < -0.39 is 22.0 Å². The molecule has 156 valence electrons. The van der Waals surface area contributed by atoms with E-state index in [1.54, 1.807) is 36.4 Å². The number of carbonyl (C=O) groups is 2. The molecule has 2 N–H and O–H groups in total. The molecule has 29 heavy (non-hydrogen) atoms. The fourth-order valence-electron chi connectivity index (χ4n) is 2.47. The quantitative estimate of drug-likeness (QED) is 0.717. The van der Waals surface area contributed by atoms with Gasteiger partial charge in [0.1, 0.15) is 0 Å². The van der Waals surface area contributed by atoms with Gasteiger partial charge in [0.2, 0.25) is 15.9 Å². The summed E-state index contributed by atoms with van der Waals surface area (Å²) in [6.45, 7) is 3.68. The van der Waals surface area contributed by atoms with Gasteiger partial charge in [-0.1, -0.05) is 18.2 Å². The van der Waals surface area contributed by atoms with Crippen molar-refractivity contribution >= 4 is 27.7 Å². The summed E-state index contributed by atoms with van der Waals surface area (Å²) in [5, 5.41) is 5.22. The first-order chi connectivity index (χ1) is 13.6. The average molecular weight is 420 g/mol. The molecule has 0 saturated heterocycles. The third-order valence-electron chi connectivity index (χ3n) is 4.43. The van der Waals surface area contributed by atoms with E-state index in [9.17, 15) is 18.0 Å². The maximum atomic E-state index is 12.7. The summed E-state index contributed by atoms with van der Waals surface area (Å²) < 4.78 is 30.8. The van der Waals surface area contributed by atoms with Gasteiger partial charge < -0.3 is 10.1 Å². The molecule has 2 rings (SSSR count). The second-order valence-corrected chi connectivity index (χ2v) is 8.64. The lowest BCUT2D eigenvalue weighted by Gasteiger charge is -2.17. The number of amides is 2. The third kappa shape index (κ3) is 6.03. The molecule has 0 saturated carbocycles. The van der Waals surface area contributed by atoms with Crippen LogP contribution in [0, 0.1) is 13.8 Å². The number of hydrogen-bond donors (Lipinski definition) is 2. The van der Waals surface area contributed by atoms with Crippen LogP contribution < -0.4 is 10.6 Å². The van der Waals surface area contributed by atoms with Crippen molar-refractivity contribution in [1.29, 1.82) is 0 Å². The molecule has 9 heteroatoms. The highest BCUT2D eigenvalue weighted by Crippen LogP contribution is 2.18. The van der Waals surface area contributed by atoms with E-state index in [1.165, 1.54) is 20.2 Å². The summed E-state index contributed by atoms with van der Waals surface area (Å²) in [6, 6.07) is 11.7. The lowest BCUT2D eigenvalue weighted by molar-refractivity contribution is -0.121. The minimum absolute atomic E-state index is 0.157. The summed E-state index contributed by atoms with van der Waals surface area (Å²) >= 11 is 0. The van der Waals surface area contributed by atoms with Crippen molar-refractivity contribution in [3.8, 4) is 0 Å². The molecule has 2 aromatic carbocycles. The monoisotopic (exact) mass is 419 g/mol. The Bertz CT molecular complexity index is 988. The van der Waals surface area contributed by atoms with Crippen LogP contribution >= 0.6 is 0 Å². The zero-order chi connectivity index (χ0) is 21.6. The van der Waals surface area contributed by atoms with E-state index in [0.29, 0.717) is 5.69 Å². The Morgan fingerprint density at radius 3 is 2.28 bits per heavy atom. The standard InChI is InChI=1S/C20H25N3O5S/c1-14-5-10-18(11-15(14)2)29(26,27)23(3)13-19(24)21-12-16-6-8-17(9-7-16)22-20(25)28-4/h5-11H,12-13H2,1-4H3,(H,21,24)(H,22,25). The van der Waals surface area contributed by atoms with Crippen molar-refractivity contribution in [2.75, 3.05) is 26.0 Å². The van der Waals surface area contributed by atoms with Crippen LogP contribution in [0.3, 0.4) is 0 Å². The Balaban J connectivity index is 1.92. The molecule has 2 amide bonds. The Labute approximate surface area is 170 Å². The molecule has 0 heterocycles. The number of benzene rings is 2. The molecule has 0 unspecified atom stereocenters. The van der Waals surface area contributed by atoms with E-state index in [1.807, 2.05) is 13.8 Å². The van der Waals surface area contributed by atoms with Gasteiger partial charge in [0.05, 0.1) is 18.6 Å². The van der Waals surface area contributed by atoms with E-state index >= 15 is 0 Å². The molecule has 0 bridgehead atoms. The van der Waals surface area contributed by atoms with E-state index in [2.05, 4.69) is 15.4 Å². The number of sulfonamides is 1. The Morgan fingerprint density at radius 2 is 1.69 bits per heavy atom. The molecule has 0 aliphatic rings. The minimum Gasteiger partial charge on any atom is -0.453 e. The fraction of sp³-hybridized carbons (Fsp3) is 0.300. The summed E-state index contributed by atoms with van der Waals surface area (Å²) in [5.74, 6) is -0.420. The Morgan fingerprint density at radius 1 is 1.03 bits per heavy atom. The average Bonchev–Trinajstić information content (AvgIpc) is 2.69. The summed E-state index contributed by atoms with van der Waals surface area (Å²) in [4.78, 5) is 23.5. The lowest BCUT2D eigenvalue weighted by Crippen LogP contribution is -2.38. The molecule has 0 radical (unpaired) electrons. The van der Waals surface area contributed by atoms with Gasteiger partial charge in [-0.3, -0.25) is 10.1 Å². The first-order valence-corrected chi connectivity index (χ1v) is 10.3.